The van der Waals surface area contributed by atoms with Crippen LogP contribution in [0.15, 0.2) is 24.4 Å². The Morgan fingerprint density at radius 2 is 2.20 bits per heavy atom. The number of nitrogen functional groups attached to an aromatic ring is 1. The molecule has 3 N–H and O–H groups in total. The van der Waals surface area contributed by atoms with Gasteiger partial charge in [-0.05, 0) is 31.0 Å². The third kappa shape index (κ3) is 2.10. The van der Waals surface area contributed by atoms with Crippen molar-refractivity contribution in [1.82, 2.24) is 9.78 Å². The molecule has 80 valence electrons. The summed E-state index contributed by atoms with van der Waals surface area (Å²) in [4.78, 5) is 0. The lowest BCUT2D eigenvalue weighted by molar-refractivity contribution is 0.280. The van der Waals surface area contributed by atoms with Crippen LogP contribution in [0.2, 0.25) is 0 Å². The number of nitrogens with two attached hydrogens (primary N) is 1. The normalized spacial score (nSPS) is 11.0. The minimum atomic E-state index is 0.237. The highest BCUT2D eigenvalue weighted by molar-refractivity contribution is 5.81. The number of aryl methyl sites for hydroxylation is 1. The van der Waals surface area contributed by atoms with E-state index in [9.17, 15) is 0 Å². The summed E-state index contributed by atoms with van der Waals surface area (Å²) in [7, 11) is 0. The Morgan fingerprint density at radius 1 is 1.33 bits per heavy atom. The second-order valence-electron chi connectivity index (χ2n) is 3.62. The minimum Gasteiger partial charge on any atom is -0.399 e. The van der Waals surface area contributed by atoms with Crippen LogP contribution in [0.4, 0.5) is 5.69 Å². The van der Waals surface area contributed by atoms with Gasteiger partial charge in [-0.15, -0.1) is 0 Å². The second-order valence-corrected chi connectivity index (χ2v) is 3.62. The zero-order valence-corrected chi connectivity index (χ0v) is 8.56. The molecular formula is C11H15N3O. The average Bonchev–Trinajstić information content (AvgIpc) is 2.62. The van der Waals surface area contributed by atoms with Crippen molar-refractivity contribution in [3.63, 3.8) is 0 Å². The first-order valence-electron chi connectivity index (χ1n) is 5.13. The van der Waals surface area contributed by atoms with Gasteiger partial charge in [0.05, 0.1) is 11.7 Å². The summed E-state index contributed by atoms with van der Waals surface area (Å²) in [5.41, 5.74) is 7.54. The van der Waals surface area contributed by atoms with E-state index in [1.54, 1.807) is 0 Å². The molecule has 0 fully saturated rings. The van der Waals surface area contributed by atoms with E-state index < -0.39 is 0 Å². The maximum absolute atomic E-state index is 8.70. The van der Waals surface area contributed by atoms with Crippen LogP contribution in [0.25, 0.3) is 10.9 Å². The smallest absolute Gasteiger partial charge is 0.0702 e. The number of anilines is 1. The Hall–Kier alpha value is -1.55. The molecule has 0 saturated carbocycles. The quantitative estimate of drug-likeness (QED) is 0.585. The Morgan fingerprint density at radius 3 is 3.00 bits per heavy atom. The van der Waals surface area contributed by atoms with Crippen molar-refractivity contribution in [2.75, 3.05) is 12.3 Å². The van der Waals surface area contributed by atoms with Gasteiger partial charge in [0.15, 0.2) is 0 Å². The molecule has 1 aromatic carbocycles. The van der Waals surface area contributed by atoms with E-state index in [0.717, 1.165) is 36.0 Å². The molecule has 0 atom stereocenters. The molecule has 2 rings (SSSR count). The number of hydrogen-bond acceptors (Lipinski definition) is 3. The van der Waals surface area contributed by atoms with Crippen molar-refractivity contribution < 1.29 is 5.11 Å². The maximum Gasteiger partial charge on any atom is 0.0702 e. The highest BCUT2D eigenvalue weighted by Gasteiger charge is 2.02. The van der Waals surface area contributed by atoms with Gasteiger partial charge in [0.2, 0.25) is 0 Å². The Balaban J connectivity index is 2.23. The number of hydrogen-bond donors (Lipinski definition) is 2. The average molecular weight is 205 g/mol. The first-order chi connectivity index (χ1) is 7.31. The summed E-state index contributed by atoms with van der Waals surface area (Å²) in [6, 6.07) is 5.78. The molecule has 1 aromatic heterocycles. The summed E-state index contributed by atoms with van der Waals surface area (Å²) < 4.78 is 1.93. The lowest BCUT2D eigenvalue weighted by Gasteiger charge is -2.02. The fraction of sp³-hybridized carbons (Fsp3) is 0.364. The summed E-state index contributed by atoms with van der Waals surface area (Å²) >= 11 is 0. The van der Waals surface area contributed by atoms with Gasteiger partial charge in [-0.25, -0.2) is 0 Å². The topological polar surface area (TPSA) is 64.1 Å². The van der Waals surface area contributed by atoms with Gasteiger partial charge in [0, 0.05) is 24.2 Å². The third-order valence-corrected chi connectivity index (χ3v) is 2.45. The van der Waals surface area contributed by atoms with Crippen molar-refractivity contribution in [2.45, 2.75) is 19.4 Å². The van der Waals surface area contributed by atoms with Crippen LogP contribution in [0.3, 0.4) is 0 Å². The lowest BCUT2D eigenvalue weighted by atomic mass is 10.2. The molecule has 0 unspecified atom stereocenters. The van der Waals surface area contributed by atoms with E-state index in [1.807, 2.05) is 29.1 Å². The highest BCUT2D eigenvalue weighted by Crippen LogP contribution is 2.17. The van der Waals surface area contributed by atoms with E-state index >= 15 is 0 Å². The molecule has 0 amide bonds. The monoisotopic (exact) mass is 205 g/mol. The zero-order chi connectivity index (χ0) is 10.7. The van der Waals surface area contributed by atoms with Gasteiger partial charge in [-0.3, -0.25) is 4.68 Å². The fourth-order valence-electron chi connectivity index (χ4n) is 1.64. The molecule has 0 saturated heterocycles. The molecule has 4 heteroatoms. The van der Waals surface area contributed by atoms with E-state index in [2.05, 4.69) is 5.10 Å². The predicted molar refractivity (Wildman–Crippen MR) is 60.5 cm³/mol. The van der Waals surface area contributed by atoms with Gasteiger partial charge in [0.25, 0.3) is 0 Å². The number of aliphatic hydroxyl groups is 1. The second kappa shape index (κ2) is 4.31. The van der Waals surface area contributed by atoms with Crippen LogP contribution in [0.1, 0.15) is 12.8 Å². The largest absolute Gasteiger partial charge is 0.399 e. The van der Waals surface area contributed by atoms with Crippen LogP contribution in [0, 0.1) is 0 Å². The molecule has 4 nitrogen and oxygen atoms in total. The van der Waals surface area contributed by atoms with Crippen LogP contribution in [0.5, 0.6) is 0 Å². The molecule has 0 aliphatic carbocycles. The molecule has 15 heavy (non-hydrogen) atoms. The number of aliphatic hydroxyl groups excluding tert-OH is 1. The van der Waals surface area contributed by atoms with Crippen LogP contribution >= 0.6 is 0 Å². The van der Waals surface area contributed by atoms with Crippen LogP contribution < -0.4 is 5.73 Å². The van der Waals surface area contributed by atoms with Crippen molar-refractivity contribution in [3.05, 3.63) is 24.4 Å². The highest BCUT2D eigenvalue weighted by atomic mass is 16.2. The number of benzene rings is 1. The standard InChI is InChI=1S/C11H15N3O/c12-10-4-3-9-8-13-14(11(9)7-10)5-1-2-6-15/h3-4,7-8,15H,1-2,5-6,12H2. The van der Waals surface area contributed by atoms with E-state index in [1.165, 1.54) is 0 Å². The van der Waals surface area contributed by atoms with E-state index in [4.69, 9.17) is 10.8 Å². The summed E-state index contributed by atoms with van der Waals surface area (Å²) in [6.07, 6.45) is 3.58. The predicted octanol–water partition coefficient (Wildman–Crippen LogP) is 1.39. The number of nitrogens with zero attached hydrogens (tertiary/aromatic N) is 2. The number of unbranched alkanes of at least 4 members (excludes halogenated alkanes) is 1. The summed E-state index contributed by atoms with van der Waals surface area (Å²) in [5.74, 6) is 0. The fourth-order valence-corrected chi connectivity index (χ4v) is 1.64. The lowest BCUT2D eigenvalue weighted by Crippen LogP contribution is -2.00. The minimum absolute atomic E-state index is 0.237. The molecule has 0 radical (unpaired) electrons. The first kappa shape index (κ1) is 9.98. The van der Waals surface area contributed by atoms with Gasteiger partial charge in [0.1, 0.15) is 0 Å². The van der Waals surface area contributed by atoms with Crippen LogP contribution in [-0.4, -0.2) is 21.5 Å². The summed E-state index contributed by atoms with van der Waals surface area (Å²) in [5, 5.41) is 14.1. The van der Waals surface area contributed by atoms with Crippen molar-refractivity contribution in [1.29, 1.82) is 0 Å². The zero-order valence-electron chi connectivity index (χ0n) is 8.56. The van der Waals surface area contributed by atoms with E-state index in [0.29, 0.717) is 0 Å². The van der Waals surface area contributed by atoms with Crippen LogP contribution in [-0.2, 0) is 6.54 Å². The van der Waals surface area contributed by atoms with Crippen molar-refractivity contribution in [2.24, 2.45) is 0 Å². The molecule has 0 spiro atoms. The van der Waals surface area contributed by atoms with Gasteiger partial charge >= 0.3 is 0 Å². The molecule has 1 heterocycles. The Bertz CT molecular complexity index is 450. The number of aromatic nitrogens is 2. The van der Waals surface area contributed by atoms with Crippen molar-refractivity contribution in [3.8, 4) is 0 Å². The summed E-state index contributed by atoms with van der Waals surface area (Å²) in [6.45, 7) is 1.06. The van der Waals surface area contributed by atoms with Gasteiger partial charge < -0.3 is 10.8 Å². The SMILES string of the molecule is Nc1ccc2cnn(CCCCO)c2c1. The van der Waals surface area contributed by atoms with Gasteiger partial charge in [-0.1, -0.05) is 0 Å². The first-order valence-corrected chi connectivity index (χ1v) is 5.13. The number of rotatable bonds is 4. The molecule has 2 aromatic rings. The number of fused-ring (bicyclic) bond motifs is 1. The maximum atomic E-state index is 8.70. The molecule has 0 aliphatic heterocycles. The molecule has 0 bridgehead atoms. The third-order valence-electron chi connectivity index (χ3n) is 2.45. The molecule has 0 aliphatic rings. The Labute approximate surface area is 88.3 Å². The van der Waals surface area contributed by atoms with Crippen molar-refractivity contribution >= 4 is 16.6 Å². The Kier molecular flexibility index (Phi) is 2.87. The van der Waals surface area contributed by atoms with E-state index in [-0.39, 0.29) is 6.61 Å². The molecular weight excluding hydrogens is 190 g/mol. The van der Waals surface area contributed by atoms with Gasteiger partial charge in [-0.2, -0.15) is 5.10 Å².